The molecule has 10 heteroatoms. The van der Waals surface area contributed by atoms with Crippen LogP contribution >= 0.6 is 0 Å². The third-order valence-electron chi connectivity index (χ3n) is 6.21. The maximum absolute atomic E-state index is 13.4. The number of aliphatic hydroxyl groups excluding tert-OH is 1. The Bertz CT molecular complexity index is 1120. The number of sulfonamides is 1. The van der Waals surface area contributed by atoms with Gasteiger partial charge in [-0.25, -0.2) is 8.42 Å². The molecule has 2 aromatic carbocycles. The molecular formula is C25H34N2O7S. The zero-order valence-corrected chi connectivity index (χ0v) is 21.6. The van der Waals surface area contributed by atoms with Gasteiger partial charge in [0.2, 0.25) is 16.8 Å². The number of fused-ring (bicyclic) bond motifs is 1. The van der Waals surface area contributed by atoms with Crippen molar-refractivity contribution in [2.45, 2.75) is 37.8 Å². The maximum atomic E-state index is 13.4. The molecule has 1 amide bonds. The second-order valence-electron chi connectivity index (χ2n) is 8.92. The number of aliphatic hydroxyl groups is 1. The van der Waals surface area contributed by atoms with Gasteiger partial charge in [0.15, 0.2) is 11.5 Å². The lowest BCUT2D eigenvalue weighted by Gasteiger charge is -2.33. The molecule has 0 saturated heterocycles. The standard InChI is InChI=1S/C25H34N2O7S/c1-17-6-9-21(10-7-17)35(30,31)27(19(3)15-28)13-18(2)24(32-5)14-26(4)25(29)20-8-11-22-23(12-20)34-16-33-22/h6-12,18-19,24,28H,13-16H2,1-5H3/t18-,19-,24+/m0/s1. The van der Waals surface area contributed by atoms with Gasteiger partial charge in [-0.1, -0.05) is 24.6 Å². The van der Waals surface area contributed by atoms with Crippen LogP contribution in [0.5, 0.6) is 11.5 Å². The second kappa shape index (κ2) is 11.4. The van der Waals surface area contributed by atoms with Crippen LogP contribution in [0.2, 0.25) is 0 Å². The van der Waals surface area contributed by atoms with Gasteiger partial charge in [0.05, 0.1) is 17.6 Å². The van der Waals surface area contributed by atoms with E-state index >= 15 is 0 Å². The van der Waals surface area contributed by atoms with Crippen LogP contribution in [-0.4, -0.2) is 81.4 Å². The maximum Gasteiger partial charge on any atom is 0.253 e. The number of methoxy groups -OCH3 is 1. The van der Waals surface area contributed by atoms with Crippen molar-refractivity contribution in [3.8, 4) is 11.5 Å². The summed E-state index contributed by atoms with van der Waals surface area (Å²) < 4.78 is 44.4. The number of aryl methyl sites for hydroxylation is 1. The van der Waals surface area contributed by atoms with Crippen molar-refractivity contribution >= 4 is 15.9 Å². The first-order valence-corrected chi connectivity index (χ1v) is 12.9. The van der Waals surface area contributed by atoms with Crippen molar-refractivity contribution in [1.29, 1.82) is 0 Å². The predicted molar refractivity (Wildman–Crippen MR) is 131 cm³/mol. The topological polar surface area (TPSA) is 106 Å². The minimum Gasteiger partial charge on any atom is -0.454 e. The molecule has 1 N–H and O–H groups in total. The van der Waals surface area contributed by atoms with Gasteiger partial charge >= 0.3 is 0 Å². The Morgan fingerprint density at radius 1 is 1.09 bits per heavy atom. The van der Waals surface area contributed by atoms with Gasteiger partial charge in [-0.05, 0) is 50.1 Å². The van der Waals surface area contributed by atoms with E-state index in [-0.39, 0.29) is 43.2 Å². The van der Waals surface area contributed by atoms with Gasteiger partial charge in [0.25, 0.3) is 5.91 Å². The van der Waals surface area contributed by atoms with Gasteiger partial charge in [-0.15, -0.1) is 0 Å². The zero-order chi connectivity index (χ0) is 25.8. The van der Waals surface area contributed by atoms with Gasteiger partial charge in [0.1, 0.15) is 0 Å². The first-order chi connectivity index (χ1) is 16.6. The smallest absolute Gasteiger partial charge is 0.253 e. The molecule has 1 heterocycles. The average molecular weight is 507 g/mol. The van der Waals surface area contributed by atoms with Crippen LogP contribution < -0.4 is 9.47 Å². The number of nitrogens with zero attached hydrogens (tertiary/aromatic N) is 2. The quantitative estimate of drug-likeness (QED) is 0.499. The molecule has 0 aliphatic carbocycles. The summed E-state index contributed by atoms with van der Waals surface area (Å²) in [6, 6.07) is 11.0. The highest BCUT2D eigenvalue weighted by Crippen LogP contribution is 2.33. The number of likely N-dealkylation sites (N-methyl/N-ethyl adjacent to an activating group) is 1. The molecule has 1 aliphatic heterocycles. The van der Waals surface area contributed by atoms with Crippen molar-refractivity contribution in [1.82, 2.24) is 9.21 Å². The van der Waals surface area contributed by atoms with Crippen molar-refractivity contribution in [3.05, 3.63) is 53.6 Å². The monoisotopic (exact) mass is 506 g/mol. The van der Waals surface area contributed by atoms with E-state index in [1.165, 1.54) is 16.3 Å². The van der Waals surface area contributed by atoms with Crippen LogP contribution in [0.4, 0.5) is 0 Å². The average Bonchev–Trinajstić information content (AvgIpc) is 3.32. The van der Waals surface area contributed by atoms with E-state index in [9.17, 15) is 18.3 Å². The first-order valence-electron chi connectivity index (χ1n) is 11.5. The minimum atomic E-state index is -3.85. The molecule has 9 nitrogen and oxygen atoms in total. The molecule has 0 saturated carbocycles. The summed E-state index contributed by atoms with van der Waals surface area (Å²) in [7, 11) is -0.643. The summed E-state index contributed by atoms with van der Waals surface area (Å²) in [6.07, 6.45) is -0.445. The molecule has 3 atom stereocenters. The van der Waals surface area contributed by atoms with E-state index in [4.69, 9.17) is 14.2 Å². The van der Waals surface area contributed by atoms with Gasteiger partial charge in [-0.2, -0.15) is 4.31 Å². The summed E-state index contributed by atoms with van der Waals surface area (Å²) in [5.41, 5.74) is 1.41. The minimum absolute atomic E-state index is 0.114. The van der Waals surface area contributed by atoms with Crippen molar-refractivity contribution in [3.63, 3.8) is 0 Å². The van der Waals surface area contributed by atoms with Crippen LogP contribution in [0.25, 0.3) is 0 Å². The van der Waals surface area contributed by atoms with E-state index in [1.807, 2.05) is 13.8 Å². The Labute approximate surface area is 207 Å². The van der Waals surface area contributed by atoms with E-state index < -0.39 is 22.2 Å². The third-order valence-corrected chi connectivity index (χ3v) is 8.20. The molecule has 3 rings (SSSR count). The van der Waals surface area contributed by atoms with E-state index in [0.717, 1.165) is 5.56 Å². The number of rotatable bonds is 11. The largest absolute Gasteiger partial charge is 0.454 e. The Kier molecular flexibility index (Phi) is 8.76. The molecule has 1 aliphatic rings. The highest BCUT2D eigenvalue weighted by molar-refractivity contribution is 7.89. The molecule has 0 fully saturated rings. The summed E-state index contributed by atoms with van der Waals surface area (Å²) in [5, 5.41) is 9.77. The summed E-state index contributed by atoms with van der Waals surface area (Å²) in [5.74, 6) is 0.628. The molecule has 0 spiro atoms. The zero-order valence-electron chi connectivity index (χ0n) is 20.8. The van der Waals surface area contributed by atoms with Crippen LogP contribution in [0.15, 0.2) is 47.4 Å². The van der Waals surface area contributed by atoms with Crippen LogP contribution in [0.3, 0.4) is 0 Å². The number of amides is 1. The molecule has 2 aromatic rings. The second-order valence-corrected chi connectivity index (χ2v) is 10.8. The SMILES string of the molecule is CO[C@H](CN(C)C(=O)c1ccc2c(c1)OCO2)[C@@H](C)CN([C@@H](C)CO)S(=O)(=O)c1ccc(C)cc1. The van der Waals surface area contributed by atoms with Crippen molar-refractivity contribution < 1.29 is 32.5 Å². The number of carbonyl (C=O) groups is 1. The Balaban J connectivity index is 1.73. The molecule has 0 bridgehead atoms. The highest BCUT2D eigenvalue weighted by atomic mass is 32.2. The lowest BCUT2D eigenvalue weighted by Crippen LogP contribution is -2.47. The number of ether oxygens (including phenoxy) is 3. The molecule has 35 heavy (non-hydrogen) atoms. The summed E-state index contributed by atoms with van der Waals surface area (Å²) >= 11 is 0. The Hall–Kier alpha value is -2.66. The van der Waals surface area contributed by atoms with Gasteiger partial charge < -0.3 is 24.2 Å². The Morgan fingerprint density at radius 3 is 2.37 bits per heavy atom. The first kappa shape index (κ1) is 26.9. The van der Waals surface area contributed by atoms with Crippen LogP contribution in [0.1, 0.15) is 29.8 Å². The third kappa shape index (κ3) is 6.13. The molecule has 192 valence electrons. The molecule has 0 unspecified atom stereocenters. The molecule has 0 aromatic heterocycles. The predicted octanol–water partition coefficient (Wildman–Crippen LogP) is 2.52. The number of benzene rings is 2. The number of carbonyl (C=O) groups excluding carboxylic acids is 1. The van der Waals surface area contributed by atoms with Crippen LogP contribution in [-0.2, 0) is 14.8 Å². The van der Waals surface area contributed by atoms with Gasteiger partial charge in [-0.3, -0.25) is 4.79 Å². The highest BCUT2D eigenvalue weighted by Gasteiger charge is 2.33. The van der Waals surface area contributed by atoms with Gasteiger partial charge in [0, 0.05) is 38.9 Å². The lowest BCUT2D eigenvalue weighted by atomic mass is 10.0. The fourth-order valence-corrected chi connectivity index (χ4v) is 5.67. The molecule has 0 radical (unpaired) electrons. The van der Waals surface area contributed by atoms with Crippen LogP contribution in [0, 0.1) is 12.8 Å². The van der Waals surface area contributed by atoms with E-state index in [0.29, 0.717) is 17.1 Å². The number of hydrogen-bond donors (Lipinski definition) is 1. The van der Waals surface area contributed by atoms with E-state index in [1.54, 1.807) is 56.4 Å². The fraction of sp³-hybridized carbons (Fsp3) is 0.480. The normalized spacial score (nSPS) is 15.6. The summed E-state index contributed by atoms with van der Waals surface area (Å²) in [4.78, 5) is 14.7. The summed E-state index contributed by atoms with van der Waals surface area (Å²) in [6.45, 7) is 5.58. The Morgan fingerprint density at radius 2 is 1.74 bits per heavy atom. The molecular weight excluding hydrogens is 472 g/mol. The van der Waals surface area contributed by atoms with Crippen molar-refractivity contribution in [2.24, 2.45) is 5.92 Å². The fourth-order valence-electron chi connectivity index (χ4n) is 3.94. The lowest BCUT2D eigenvalue weighted by molar-refractivity contribution is 0.0221. The van der Waals surface area contributed by atoms with E-state index in [2.05, 4.69) is 0 Å². The van der Waals surface area contributed by atoms with Crippen molar-refractivity contribution in [2.75, 3.05) is 40.6 Å². The number of hydrogen-bond acceptors (Lipinski definition) is 7.